The van der Waals surface area contributed by atoms with Crippen molar-refractivity contribution in [1.29, 1.82) is 0 Å². The van der Waals surface area contributed by atoms with Crippen LogP contribution in [-0.2, 0) is 13.1 Å². The van der Waals surface area contributed by atoms with Crippen LogP contribution in [0.25, 0.3) is 0 Å². The molecule has 27 heavy (non-hydrogen) atoms. The van der Waals surface area contributed by atoms with Crippen molar-refractivity contribution in [1.82, 2.24) is 15.5 Å². The van der Waals surface area contributed by atoms with Crippen LogP contribution in [0.5, 0.6) is 0 Å². The average molecular weight is 406 g/mol. The van der Waals surface area contributed by atoms with Gasteiger partial charge in [0.2, 0.25) is 0 Å². The zero-order valence-corrected chi connectivity index (χ0v) is 17.6. The number of benzene rings is 1. The van der Waals surface area contributed by atoms with Crippen molar-refractivity contribution in [3.63, 3.8) is 0 Å². The number of likely N-dealkylation sites (N-methyl/N-ethyl adjacent to an activating group) is 1. The maximum absolute atomic E-state index is 6.55. The van der Waals surface area contributed by atoms with Gasteiger partial charge in [0.25, 0.3) is 0 Å². The molecule has 2 aromatic rings. The summed E-state index contributed by atoms with van der Waals surface area (Å²) >= 11 is 8.29. The van der Waals surface area contributed by atoms with Gasteiger partial charge < -0.3 is 20.4 Å². The quantitative estimate of drug-likeness (QED) is 0.571. The van der Waals surface area contributed by atoms with Crippen LogP contribution in [-0.4, -0.2) is 50.6 Å². The Kier molecular flexibility index (Phi) is 7.38. The second-order valence-electron chi connectivity index (χ2n) is 6.66. The molecule has 7 heteroatoms. The zero-order chi connectivity index (χ0) is 19.1. The molecule has 3 rings (SSSR count). The van der Waals surface area contributed by atoms with Crippen LogP contribution in [0.2, 0.25) is 5.02 Å². The summed E-state index contributed by atoms with van der Waals surface area (Å²) in [4.78, 5) is 10.9. The van der Waals surface area contributed by atoms with Gasteiger partial charge in [-0.3, -0.25) is 0 Å². The number of guanidine groups is 1. The molecule has 2 heterocycles. The highest BCUT2D eigenvalue weighted by atomic mass is 35.5. The maximum Gasteiger partial charge on any atom is 0.191 e. The van der Waals surface area contributed by atoms with Crippen molar-refractivity contribution in [2.45, 2.75) is 20.0 Å². The second-order valence-corrected chi connectivity index (χ2v) is 8.10. The van der Waals surface area contributed by atoms with Crippen LogP contribution in [0.3, 0.4) is 0 Å². The molecule has 1 fully saturated rings. The number of rotatable bonds is 6. The van der Waals surface area contributed by atoms with E-state index in [1.54, 1.807) is 11.3 Å². The highest BCUT2D eigenvalue weighted by Crippen LogP contribution is 2.29. The third kappa shape index (κ3) is 5.61. The average Bonchev–Trinajstić information content (AvgIpc) is 3.19. The van der Waals surface area contributed by atoms with E-state index in [1.165, 1.54) is 10.6 Å². The lowest BCUT2D eigenvalue weighted by Crippen LogP contribution is -2.44. The molecule has 5 nitrogen and oxygen atoms in total. The van der Waals surface area contributed by atoms with E-state index in [-0.39, 0.29) is 0 Å². The minimum absolute atomic E-state index is 0.557. The van der Waals surface area contributed by atoms with Crippen molar-refractivity contribution in [2.24, 2.45) is 4.99 Å². The van der Waals surface area contributed by atoms with Crippen LogP contribution < -0.4 is 15.5 Å². The Balaban J connectivity index is 1.73. The van der Waals surface area contributed by atoms with Crippen LogP contribution in [0.1, 0.15) is 17.4 Å². The van der Waals surface area contributed by atoms with Crippen LogP contribution in [0.4, 0.5) is 5.69 Å². The first-order chi connectivity index (χ1) is 13.2. The van der Waals surface area contributed by atoms with Crippen molar-refractivity contribution in [3.05, 3.63) is 51.2 Å². The molecule has 2 N–H and O–H groups in total. The normalized spacial score (nSPS) is 15.8. The lowest BCUT2D eigenvalue weighted by Gasteiger charge is -2.35. The first-order valence-corrected chi connectivity index (χ1v) is 10.7. The Hall–Kier alpha value is -1.76. The number of hydrogen-bond acceptors (Lipinski definition) is 4. The van der Waals surface area contributed by atoms with E-state index >= 15 is 0 Å². The lowest BCUT2D eigenvalue weighted by atomic mass is 10.1. The highest BCUT2D eigenvalue weighted by molar-refractivity contribution is 7.09. The van der Waals surface area contributed by atoms with Crippen LogP contribution >= 0.6 is 22.9 Å². The van der Waals surface area contributed by atoms with Crippen molar-refractivity contribution in [3.8, 4) is 0 Å². The van der Waals surface area contributed by atoms with E-state index in [1.807, 2.05) is 12.1 Å². The van der Waals surface area contributed by atoms with Gasteiger partial charge in [0.15, 0.2) is 5.96 Å². The van der Waals surface area contributed by atoms with Crippen molar-refractivity contribution in [2.75, 3.05) is 44.7 Å². The Labute approximate surface area is 171 Å². The molecule has 1 aromatic carbocycles. The number of piperazine rings is 1. The molecular formula is C20H28ClN5S. The number of thiophene rings is 1. The summed E-state index contributed by atoms with van der Waals surface area (Å²) in [5, 5.41) is 9.60. The molecule has 1 saturated heterocycles. The fourth-order valence-corrected chi connectivity index (χ4v) is 4.01. The third-order valence-corrected chi connectivity index (χ3v) is 5.92. The van der Waals surface area contributed by atoms with E-state index in [2.05, 4.69) is 58.0 Å². The van der Waals surface area contributed by atoms with E-state index < -0.39 is 0 Å². The van der Waals surface area contributed by atoms with Gasteiger partial charge in [-0.05, 0) is 37.6 Å². The smallest absolute Gasteiger partial charge is 0.191 e. The first kappa shape index (κ1) is 20.0. The molecular weight excluding hydrogens is 378 g/mol. The number of nitrogens with zero attached hydrogens (tertiary/aromatic N) is 3. The van der Waals surface area contributed by atoms with Crippen molar-refractivity contribution >= 4 is 34.6 Å². The molecule has 0 aliphatic carbocycles. The van der Waals surface area contributed by atoms with Gasteiger partial charge in [0.05, 0.1) is 13.1 Å². The van der Waals surface area contributed by atoms with Gasteiger partial charge in [-0.2, -0.15) is 0 Å². The maximum atomic E-state index is 6.55. The van der Waals surface area contributed by atoms with Crippen LogP contribution in [0.15, 0.2) is 40.7 Å². The summed E-state index contributed by atoms with van der Waals surface area (Å²) < 4.78 is 0. The molecule has 1 aromatic heterocycles. The van der Waals surface area contributed by atoms with Crippen molar-refractivity contribution < 1.29 is 0 Å². The van der Waals surface area contributed by atoms with Gasteiger partial charge in [-0.1, -0.05) is 23.7 Å². The third-order valence-electron chi connectivity index (χ3n) is 4.69. The Morgan fingerprint density at radius 3 is 2.67 bits per heavy atom. The monoisotopic (exact) mass is 405 g/mol. The first-order valence-electron chi connectivity index (χ1n) is 9.43. The molecule has 0 atom stereocenters. The zero-order valence-electron chi connectivity index (χ0n) is 16.0. The molecule has 1 aliphatic heterocycles. The summed E-state index contributed by atoms with van der Waals surface area (Å²) in [5.74, 6) is 0.815. The van der Waals surface area contributed by atoms with Gasteiger partial charge in [-0.15, -0.1) is 11.3 Å². The fourth-order valence-electron chi connectivity index (χ4n) is 3.13. The number of halogens is 1. The second kappa shape index (κ2) is 9.97. The minimum atomic E-state index is 0.557. The molecule has 0 spiro atoms. The number of hydrogen-bond donors (Lipinski definition) is 2. The minimum Gasteiger partial charge on any atom is -0.369 e. The standard InChI is InChI=1S/C20H28ClN5S/c1-3-22-20(23-14-16-6-5-13-27-16)24-15-17-18(21)7-4-8-19(17)26-11-9-25(2)10-12-26/h4-8,13H,3,9-12,14-15H2,1-2H3,(H2,22,23,24). The summed E-state index contributed by atoms with van der Waals surface area (Å²) in [6, 6.07) is 10.3. The van der Waals surface area contributed by atoms with Gasteiger partial charge in [0.1, 0.15) is 0 Å². The summed E-state index contributed by atoms with van der Waals surface area (Å²) in [6.45, 7) is 8.41. The molecule has 0 saturated carbocycles. The van der Waals surface area contributed by atoms with E-state index in [9.17, 15) is 0 Å². The summed E-state index contributed by atoms with van der Waals surface area (Å²) in [6.07, 6.45) is 0. The van der Waals surface area contributed by atoms with Gasteiger partial charge >= 0.3 is 0 Å². The SMILES string of the molecule is CCNC(=NCc1c(Cl)cccc1N1CCN(C)CC1)NCc1cccs1. The number of aliphatic imine (C=N–C) groups is 1. The lowest BCUT2D eigenvalue weighted by molar-refractivity contribution is 0.312. The fraction of sp³-hybridized carbons (Fsp3) is 0.450. The molecule has 0 bridgehead atoms. The Morgan fingerprint density at radius 1 is 1.15 bits per heavy atom. The van der Waals surface area contributed by atoms with E-state index in [4.69, 9.17) is 16.6 Å². The van der Waals surface area contributed by atoms with Crippen LogP contribution in [0, 0.1) is 0 Å². The number of anilines is 1. The van der Waals surface area contributed by atoms with E-state index in [0.29, 0.717) is 6.54 Å². The molecule has 146 valence electrons. The Morgan fingerprint density at radius 2 is 1.96 bits per heavy atom. The van der Waals surface area contributed by atoms with E-state index in [0.717, 1.165) is 55.8 Å². The predicted molar refractivity (Wildman–Crippen MR) is 117 cm³/mol. The molecule has 1 aliphatic rings. The summed E-state index contributed by atoms with van der Waals surface area (Å²) in [7, 11) is 2.17. The highest BCUT2D eigenvalue weighted by Gasteiger charge is 2.18. The van der Waals surface area contributed by atoms with Gasteiger partial charge in [-0.25, -0.2) is 4.99 Å². The summed E-state index contributed by atoms with van der Waals surface area (Å²) in [5.41, 5.74) is 2.30. The topological polar surface area (TPSA) is 42.9 Å². The van der Waals surface area contributed by atoms with Gasteiger partial charge in [0, 0.05) is 53.9 Å². The Bertz CT molecular complexity index is 739. The molecule has 0 amide bonds. The number of nitrogens with one attached hydrogen (secondary N) is 2. The molecule has 0 unspecified atom stereocenters. The predicted octanol–water partition coefficient (Wildman–Crippen LogP) is 3.41. The largest absolute Gasteiger partial charge is 0.369 e. The molecule has 0 radical (unpaired) electrons.